The quantitative estimate of drug-likeness (QED) is 0.223. The summed E-state index contributed by atoms with van der Waals surface area (Å²) in [5.41, 5.74) is -5.81. The van der Waals surface area contributed by atoms with Crippen molar-refractivity contribution >= 4 is 17.9 Å². The van der Waals surface area contributed by atoms with E-state index in [0.717, 1.165) is 0 Å². The number of hydrogen-bond acceptors (Lipinski definition) is 11. The number of benzene rings is 1. The predicted molar refractivity (Wildman–Crippen MR) is 146 cm³/mol. The summed E-state index contributed by atoms with van der Waals surface area (Å²) in [6.45, 7) is 8.53. The number of carbonyl (C=O) groups excluding carboxylic acids is 3. The molecule has 42 heavy (non-hydrogen) atoms. The standard InChI is InChI=1S/C31H40O11/c1-15-19(40-16(2)32)13-30(28(4,5)38)22(15)23(35)25(36)29(6)20(34)12-21-31(14-39-21,42-17(3)33)24(29)26(30)41-27(37)18-10-8-7-9-11-18/h7-11,19-21,23-26,34-36,38H,12-14H2,1-6H3/t19-,20-,21+,23+,24?,25-,26?,29+,30-,31-/m0/s1. The van der Waals surface area contributed by atoms with Gasteiger partial charge in [0.15, 0.2) is 5.60 Å². The highest BCUT2D eigenvalue weighted by atomic mass is 16.6. The number of ether oxygens (including phenoxy) is 4. The van der Waals surface area contributed by atoms with Crippen LogP contribution in [-0.2, 0) is 28.5 Å². The van der Waals surface area contributed by atoms with E-state index in [9.17, 15) is 34.8 Å². The van der Waals surface area contributed by atoms with Crippen molar-refractivity contribution in [1.29, 1.82) is 0 Å². The van der Waals surface area contributed by atoms with Crippen molar-refractivity contribution in [3.63, 3.8) is 0 Å². The van der Waals surface area contributed by atoms with Crippen molar-refractivity contribution in [3.8, 4) is 0 Å². The molecule has 0 amide bonds. The third kappa shape index (κ3) is 4.16. The van der Waals surface area contributed by atoms with Gasteiger partial charge in [-0.1, -0.05) is 25.1 Å². The first-order chi connectivity index (χ1) is 19.5. The van der Waals surface area contributed by atoms with E-state index < -0.39 is 82.5 Å². The van der Waals surface area contributed by atoms with Gasteiger partial charge in [0.25, 0.3) is 0 Å². The zero-order valence-electron chi connectivity index (χ0n) is 24.7. The summed E-state index contributed by atoms with van der Waals surface area (Å²) in [5.74, 6) is -3.19. The normalized spacial score (nSPS) is 41.0. The van der Waals surface area contributed by atoms with Gasteiger partial charge < -0.3 is 39.4 Å². The average molecular weight is 589 g/mol. The number of aliphatic hydroxyl groups excluding tert-OH is 3. The maximum absolute atomic E-state index is 13.8. The fourth-order valence-electron chi connectivity index (χ4n) is 8.32. The van der Waals surface area contributed by atoms with Crippen LogP contribution in [0.2, 0.25) is 0 Å². The molecule has 1 aromatic rings. The van der Waals surface area contributed by atoms with Crippen LogP contribution in [0.1, 0.15) is 64.7 Å². The lowest BCUT2D eigenvalue weighted by Crippen LogP contribution is -2.78. The second kappa shape index (κ2) is 10.1. The highest BCUT2D eigenvalue weighted by molar-refractivity contribution is 5.89. The van der Waals surface area contributed by atoms with Gasteiger partial charge in [0.2, 0.25) is 0 Å². The highest BCUT2D eigenvalue weighted by Gasteiger charge is 2.79. The second-order valence-corrected chi connectivity index (χ2v) is 13.0. The summed E-state index contributed by atoms with van der Waals surface area (Å²) in [7, 11) is 0. The van der Waals surface area contributed by atoms with E-state index in [0.29, 0.717) is 5.57 Å². The molecule has 2 unspecified atom stereocenters. The van der Waals surface area contributed by atoms with E-state index in [1.54, 1.807) is 44.2 Å². The summed E-state index contributed by atoms with van der Waals surface area (Å²) in [6, 6.07) is 8.18. The van der Waals surface area contributed by atoms with Crippen LogP contribution in [0.4, 0.5) is 0 Å². The van der Waals surface area contributed by atoms with Gasteiger partial charge in [0, 0.05) is 32.1 Å². The lowest BCUT2D eigenvalue weighted by Gasteiger charge is -2.65. The van der Waals surface area contributed by atoms with Crippen molar-refractivity contribution in [2.75, 3.05) is 6.61 Å². The molecule has 11 nitrogen and oxygen atoms in total. The van der Waals surface area contributed by atoms with Gasteiger partial charge in [-0.3, -0.25) is 9.59 Å². The maximum Gasteiger partial charge on any atom is 0.338 e. The molecule has 3 fully saturated rings. The average Bonchev–Trinajstić information content (AvgIpc) is 3.17. The Hall–Kier alpha value is -2.83. The van der Waals surface area contributed by atoms with E-state index in [1.807, 2.05) is 0 Å². The highest BCUT2D eigenvalue weighted by Crippen LogP contribution is 2.67. The molecule has 2 saturated carbocycles. The summed E-state index contributed by atoms with van der Waals surface area (Å²) in [4.78, 5) is 38.6. The van der Waals surface area contributed by atoms with Gasteiger partial charge in [-0.15, -0.1) is 0 Å². The van der Waals surface area contributed by atoms with Crippen LogP contribution in [0, 0.1) is 16.7 Å². The molecule has 0 spiro atoms. The molecule has 0 aromatic heterocycles. The summed E-state index contributed by atoms with van der Waals surface area (Å²) < 4.78 is 23.8. The van der Waals surface area contributed by atoms with Gasteiger partial charge in [0.1, 0.15) is 24.4 Å². The first kappa shape index (κ1) is 30.6. The molecule has 4 aliphatic rings. The van der Waals surface area contributed by atoms with Crippen molar-refractivity contribution < 1.29 is 53.8 Å². The molecule has 1 saturated heterocycles. The maximum atomic E-state index is 13.8. The molecule has 0 radical (unpaired) electrons. The molecule has 3 aliphatic carbocycles. The van der Waals surface area contributed by atoms with E-state index in [4.69, 9.17) is 18.9 Å². The number of esters is 3. The van der Waals surface area contributed by atoms with E-state index >= 15 is 0 Å². The zero-order valence-corrected chi connectivity index (χ0v) is 24.7. The summed E-state index contributed by atoms with van der Waals surface area (Å²) in [6.07, 6.45) is -7.92. The smallest absolute Gasteiger partial charge is 0.338 e. The van der Waals surface area contributed by atoms with Crippen LogP contribution < -0.4 is 0 Å². The van der Waals surface area contributed by atoms with Crippen molar-refractivity contribution in [3.05, 3.63) is 47.0 Å². The SMILES string of the molecule is CC(=O)O[C@H]1C[C@]2(C(C)(C)O)C(=C1C)[C@@H](O)[C@H](O)[C@@]1(C)C(C2OC(=O)c2ccccc2)[C@]2(OC(C)=O)CO[C@@H]2C[C@@H]1O. The fourth-order valence-corrected chi connectivity index (χ4v) is 8.32. The third-order valence-corrected chi connectivity index (χ3v) is 10.3. The Kier molecular flexibility index (Phi) is 7.38. The molecule has 11 heteroatoms. The van der Waals surface area contributed by atoms with Gasteiger partial charge in [0.05, 0.1) is 41.3 Å². The van der Waals surface area contributed by atoms with Crippen molar-refractivity contribution in [2.45, 2.75) is 102 Å². The zero-order chi connectivity index (χ0) is 31.0. The minimum Gasteiger partial charge on any atom is -0.458 e. The first-order valence-corrected chi connectivity index (χ1v) is 14.2. The molecule has 10 atom stereocenters. The Labute approximate surface area is 244 Å². The molecule has 1 aromatic carbocycles. The van der Waals surface area contributed by atoms with Crippen LogP contribution in [0.15, 0.2) is 41.5 Å². The molecular weight excluding hydrogens is 548 g/mol. The van der Waals surface area contributed by atoms with Gasteiger partial charge in [-0.2, -0.15) is 0 Å². The van der Waals surface area contributed by atoms with Crippen LogP contribution in [-0.4, -0.2) is 92.8 Å². The Bertz CT molecular complexity index is 1300. The largest absolute Gasteiger partial charge is 0.458 e. The molecule has 4 N–H and O–H groups in total. The fraction of sp³-hybridized carbons (Fsp3) is 0.645. The Balaban J connectivity index is 1.84. The van der Waals surface area contributed by atoms with Crippen molar-refractivity contribution in [1.82, 2.24) is 0 Å². The lowest BCUT2D eigenvalue weighted by atomic mass is 9.49. The molecule has 1 aliphatic heterocycles. The third-order valence-electron chi connectivity index (χ3n) is 10.3. The Morgan fingerprint density at radius 3 is 2.19 bits per heavy atom. The van der Waals surface area contributed by atoms with Crippen LogP contribution >= 0.6 is 0 Å². The molecule has 230 valence electrons. The number of aliphatic hydroxyl groups is 4. The number of hydrogen-bond donors (Lipinski definition) is 4. The molecule has 0 bridgehead atoms. The van der Waals surface area contributed by atoms with E-state index in [1.165, 1.54) is 27.7 Å². The summed E-state index contributed by atoms with van der Waals surface area (Å²) in [5, 5.41) is 47.6. The minimum atomic E-state index is -1.77. The van der Waals surface area contributed by atoms with Crippen LogP contribution in [0.25, 0.3) is 0 Å². The number of fused-ring (bicyclic) bond motifs is 4. The van der Waals surface area contributed by atoms with Crippen molar-refractivity contribution in [2.24, 2.45) is 16.7 Å². The molecular formula is C31H40O11. The van der Waals surface area contributed by atoms with Crippen LogP contribution in [0.5, 0.6) is 0 Å². The minimum absolute atomic E-state index is 0.0208. The summed E-state index contributed by atoms with van der Waals surface area (Å²) >= 11 is 0. The number of carbonyl (C=O) groups is 3. The van der Waals surface area contributed by atoms with E-state index in [2.05, 4.69) is 0 Å². The molecule has 5 rings (SSSR count). The topological polar surface area (TPSA) is 169 Å². The van der Waals surface area contributed by atoms with Gasteiger partial charge in [-0.25, -0.2) is 4.79 Å². The number of rotatable bonds is 5. The second-order valence-electron chi connectivity index (χ2n) is 13.0. The van der Waals surface area contributed by atoms with E-state index in [-0.39, 0.29) is 30.6 Å². The monoisotopic (exact) mass is 588 g/mol. The van der Waals surface area contributed by atoms with Gasteiger partial charge in [-0.05, 0) is 44.1 Å². The Morgan fingerprint density at radius 1 is 1.02 bits per heavy atom. The first-order valence-electron chi connectivity index (χ1n) is 14.2. The van der Waals surface area contributed by atoms with Crippen LogP contribution in [0.3, 0.4) is 0 Å². The Morgan fingerprint density at radius 2 is 1.67 bits per heavy atom. The lowest BCUT2D eigenvalue weighted by molar-refractivity contribution is -0.351. The predicted octanol–water partition coefficient (Wildman–Crippen LogP) is 1.44. The van der Waals surface area contributed by atoms with Gasteiger partial charge >= 0.3 is 17.9 Å². The molecule has 1 heterocycles.